The predicted molar refractivity (Wildman–Crippen MR) is 91.4 cm³/mol. The monoisotopic (exact) mass is 307 g/mol. The molecule has 0 N–H and O–H groups in total. The summed E-state index contributed by atoms with van der Waals surface area (Å²) >= 11 is 1.66. The Morgan fingerprint density at radius 3 is 2.50 bits per heavy atom. The number of Topliss-reactive ketones (excluding diaryl/α,β-unsaturated/α-hetero) is 1. The molecular weight excluding hydrogens is 290 g/mol. The number of aromatic nitrogens is 1. The van der Waals surface area contributed by atoms with E-state index in [4.69, 9.17) is 0 Å². The highest BCUT2D eigenvalue weighted by Gasteiger charge is 2.09. The van der Waals surface area contributed by atoms with Crippen LogP contribution >= 0.6 is 11.3 Å². The zero-order valence-electron chi connectivity index (χ0n) is 12.5. The van der Waals surface area contributed by atoms with Crippen LogP contribution in [-0.2, 0) is 6.42 Å². The Morgan fingerprint density at radius 2 is 1.77 bits per heavy atom. The van der Waals surface area contributed by atoms with Crippen molar-refractivity contribution in [1.29, 1.82) is 0 Å². The fourth-order valence-corrected chi connectivity index (χ4v) is 3.18. The van der Waals surface area contributed by atoms with Crippen LogP contribution in [-0.4, -0.2) is 10.8 Å². The SMILES string of the molecule is Cc1ccc(C(=O)CCc2cnc(-c3ccccc3)s2)cc1. The molecule has 0 spiro atoms. The van der Waals surface area contributed by atoms with Gasteiger partial charge in [0.05, 0.1) is 0 Å². The van der Waals surface area contributed by atoms with Gasteiger partial charge in [0.15, 0.2) is 5.78 Å². The van der Waals surface area contributed by atoms with Gasteiger partial charge in [-0.25, -0.2) is 4.98 Å². The van der Waals surface area contributed by atoms with Gasteiger partial charge in [-0.2, -0.15) is 0 Å². The summed E-state index contributed by atoms with van der Waals surface area (Å²) in [6.45, 7) is 2.02. The molecule has 0 aliphatic rings. The molecule has 3 heteroatoms. The van der Waals surface area contributed by atoms with E-state index in [1.54, 1.807) is 11.3 Å². The smallest absolute Gasteiger partial charge is 0.163 e. The lowest BCUT2D eigenvalue weighted by Crippen LogP contribution is -2.00. The van der Waals surface area contributed by atoms with Gasteiger partial charge in [0.25, 0.3) is 0 Å². The van der Waals surface area contributed by atoms with Gasteiger partial charge in [-0.05, 0) is 13.3 Å². The van der Waals surface area contributed by atoms with Gasteiger partial charge in [-0.3, -0.25) is 4.79 Å². The van der Waals surface area contributed by atoms with Crippen molar-refractivity contribution in [3.05, 3.63) is 76.8 Å². The summed E-state index contributed by atoms with van der Waals surface area (Å²) in [5.74, 6) is 0.190. The molecule has 2 nitrogen and oxygen atoms in total. The van der Waals surface area contributed by atoms with E-state index in [1.807, 2.05) is 55.6 Å². The molecule has 0 atom stereocenters. The quantitative estimate of drug-likeness (QED) is 0.625. The second kappa shape index (κ2) is 6.67. The van der Waals surface area contributed by atoms with Gasteiger partial charge in [0.2, 0.25) is 0 Å². The van der Waals surface area contributed by atoms with E-state index < -0.39 is 0 Å². The lowest BCUT2D eigenvalue weighted by molar-refractivity contribution is 0.0983. The number of rotatable bonds is 5. The van der Waals surface area contributed by atoms with Crippen LogP contribution in [0.2, 0.25) is 0 Å². The third-order valence-corrected chi connectivity index (χ3v) is 4.65. The Morgan fingerprint density at radius 1 is 1.05 bits per heavy atom. The second-order valence-electron chi connectivity index (χ2n) is 5.29. The van der Waals surface area contributed by atoms with Gasteiger partial charge >= 0.3 is 0 Å². The van der Waals surface area contributed by atoms with Crippen molar-refractivity contribution >= 4 is 17.1 Å². The molecule has 0 unspecified atom stereocenters. The number of carbonyl (C=O) groups is 1. The topological polar surface area (TPSA) is 30.0 Å². The van der Waals surface area contributed by atoms with Crippen LogP contribution in [0.25, 0.3) is 10.6 Å². The Hall–Kier alpha value is -2.26. The molecule has 3 aromatic rings. The first-order chi connectivity index (χ1) is 10.7. The summed E-state index contributed by atoms with van der Waals surface area (Å²) in [4.78, 5) is 17.8. The first kappa shape index (κ1) is 14.7. The van der Waals surface area contributed by atoms with Gasteiger partial charge in [-0.15, -0.1) is 11.3 Å². The second-order valence-corrected chi connectivity index (χ2v) is 6.40. The Balaban J connectivity index is 1.64. The van der Waals surface area contributed by atoms with E-state index in [0.717, 1.165) is 27.4 Å². The molecule has 22 heavy (non-hydrogen) atoms. The van der Waals surface area contributed by atoms with Gasteiger partial charge < -0.3 is 0 Å². The number of hydrogen-bond acceptors (Lipinski definition) is 3. The molecule has 110 valence electrons. The van der Waals surface area contributed by atoms with Crippen LogP contribution in [0.3, 0.4) is 0 Å². The lowest BCUT2D eigenvalue weighted by atomic mass is 10.1. The molecular formula is C19H17NOS. The van der Waals surface area contributed by atoms with Gasteiger partial charge in [-0.1, -0.05) is 60.2 Å². The largest absolute Gasteiger partial charge is 0.294 e. The zero-order chi connectivity index (χ0) is 15.4. The Bertz CT molecular complexity index is 760. The number of benzene rings is 2. The Kier molecular flexibility index (Phi) is 4.45. The highest BCUT2D eigenvalue weighted by Crippen LogP contribution is 2.25. The first-order valence-electron chi connectivity index (χ1n) is 7.32. The van der Waals surface area contributed by atoms with E-state index in [0.29, 0.717) is 6.42 Å². The molecule has 0 aliphatic carbocycles. The maximum atomic E-state index is 12.2. The molecule has 0 aliphatic heterocycles. The van der Waals surface area contributed by atoms with Crippen LogP contribution in [0.15, 0.2) is 60.8 Å². The third kappa shape index (κ3) is 3.49. The van der Waals surface area contributed by atoms with Crippen molar-refractivity contribution in [3.63, 3.8) is 0 Å². The summed E-state index contributed by atoms with van der Waals surface area (Å²) in [5.41, 5.74) is 3.09. The van der Waals surface area contributed by atoms with Crippen LogP contribution < -0.4 is 0 Å². The van der Waals surface area contributed by atoms with Crippen molar-refractivity contribution in [2.24, 2.45) is 0 Å². The molecule has 0 radical (unpaired) electrons. The number of hydrogen-bond donors (Lipinski definition) is 0. The van der Waals surface area contributed by atoms with E-state index in [-0.39, 0.29) is 5.78 Å². The minimum Gasteiger partial charge on any atom is -0.294 e. The summed E-state index contributed by atoms with van der Waals surface area (Å²) in [6, 6.07) is 17.9. The predicted octanol–water partition coefficient (Wildman–Crippen LogP) is 4.93. The molecule has 1 heterocycles. The molecule has 0 bridgehead atoms. The normalized spacial score (nSPS) is 10.6. The van der Waals surface area contributed by atoms with Gasteiger partial charge in [0.1, 0.15) is 5.01 Å². The summed E-state index contributed by atoms with van der Waals surface area (Å²) in [5, 5.41) is 1.01. The fraction of sp³-hybridized carbons (Fsp3) is 0.158. The highest BCUT2D eigenvalue weighted by atomic mass is 32.1. The first-order valence-corrected chi connectivity index (χ1v) is 8.14. The van der Waals surface area contributed by atoms with Gasteiger partial charge in [0, 0.05) is 28.6 Å². The molecule has 0 saturated heterocycles. The van der Waals surface area contributed by atoms with E-state index in [9.17, 15) is 4.79 Å². The molecule has 0 fully saturated rings. The maximum Gasteiger partial charge on any atom is 0.163 e. The minimum absolute atomic E-state index is 0.190. The molecule has 0 saturated carbocycles. The number of carbonyl (C=O) groups excluding carboxylic acids is 1. The average molecular weight is 307 g/mol. The van der Waals surface area contributed by atoms with Crippen LogP contribution in [0, 0.1) is 6.92 Å². The minimum atomic E-state index is 0.190. The van der Waals surface area contributed by atoms with Crippen molar-refractivity contribution in [1.82, 2.24) is 4.98 Å². The Labute approximate surface area is 134 Å². The van der Waals surface area contributed by atoms with Crippen molar-refractivity contribution in [2.45, 2.75) is 19.8 Å². The number of nitrogens with zero attached hydrogens (tertiary/aromatic N) is 1. The maximum absolute atomic E-state index is 12.2. The summed E-state index contributed by atoms with van der Waals surface area (Å²) < 4.78 is 0. The average Bonchev–Trinajstić information content (AvgIpc) is 3.03. The molecule has 1 aromatic heterocycles. The standard InChI is InChI=1S/C19H17NOS/c1-14-7-9-15(10-8-14)18(21)12-11-17-13-20-19(22-17)16-5-3-2-4-6-16/h2-10,13H,11-12H2,1H3. The van der Waals surface area contributed by atoms with E-state index in [1.165, 1.54) is 5.56 Å². The van der Waals surface area contributed by atoms with Crippen molar-refractivity contribution in [3.8, 4) is 10.6 Å². The summed E-state index contributed by atoms with van der Waals surface area (Å²) in [6.07, 6.45) is 3.16. The van der Waals surface area contributed by atoms with Crippen molar-refractivity contribution in [2.75, 3.05) is 0 Å². The van der Waals surface area contributed by atoms with E-state index >= 15 is 0 Å². The molecule has 3 rings (SSSR count). The van der Waals surface area contributed by atoms with Crippen LogP contribution in [0.1, 0.15) is 27.2 Å². The fourth-order valence-electron chi connectivity index (χ4n) is 2.26. The molecule has 2 aromatic carbocycles. The lowest BCUT2D eigenvalue weighted by Gasteiger charge is -2.00. The number of ketones is 1. The van der Waals surface area contributed by atoms with Crippen molar-refractivity contribution < 1.29 is 4.79 Å². The number of aryl methyl sites for hydroxylation is 2. The third-order valence-electron chi connectivity index (χ3n) is 3.55. The molecule has 0 amide bonds. The number of thiazole rings is 1. The van der Waals surface area contributed by atoms with Crippen LogP contribution in [0.4, 0.5) is 0 Å². The van der Waals surface area contributed by atoms with E-state index in [2.05, 4.69) is 17.1 Å². The summed E-state index contributed by atoms with van der Waals surface area (Å²) in [7, 11) is 0. The highest BCUT2D eigenvalue weighted by molar-refractivity contribution is 7.15. The zero-order valence-corrected chi connectivity index (χ0v) is 13.3. The van der Waals surface area contributed by atoms with Crippen LogP contribution in [0.5, 0.6) is 0 Å².